The molecule has 0 heteroatoms. The molecule has 0 N–H and O–H groups in total. The maximum absolute atomic E-state index is 2.56. The van der Waals surface area contributed by atoms with Gasteiger partial charge >= 0.3 is 0 Å². The van der Waals surface area contributed by atoms with Crippen LogP contribution in [0.4, 0.5) is 0 Å². The topological polar surface area (TPSA) is 0 Å². The van der Waals surface area contributed by atoms with Crippen LogP contribution in [0.2, 0.25) is 0 Å². The molecule has 0 fully saturated rings. The summed E-state index contributed by atoms with van der Waals surface area (Å²) in [6.45, 7) is 38.9. The second-order valence-corrected chi connectivity index (χ2v) is 25.7. The highest BCUT2D eigenvalue weighted by Crippen LogP contribution is 2.59. The monoisotopic (exact) mass is 961 g/mol. The molecule has 0 amide bonds. The van der Waals surface area contributed by atoms with Crippen molar-refractivity contribution in [3.8, 4) is 0 Å². The van der Waals surface area contributed by atoms with E-state index in [9.17, 15) is 0 Å². The summed E-state index contributed by atoms with van der Waals surface area (Å²) >= 11 is 0. The fourth-order valence-corrected chi connectivity index (χ4v) is 15.6. The molecule has 0 aliphatic rings. The quantitative estimate of drug-likeness (QED) is 0.105. The lowest BCUT2D eigenvalue weighted by Gasteiger charge is -2.28. The lowest BCUT2D eigenvalue weighted by atomic mass is 9.75. The first-order valence-electron chi connectivity index (χ1n) is 28.6. The molecule has 0 aliphatic carbocycles. The molecule has 368 valence electrons. The molecule has 0 aliphatic heterocycles. The van der Waals surface area contributed by atoms with Crippen molar-refractivity contribution in [3.05, 3.63) is 142 Å². The third-order valence-electron chi connectivity index (χ3n) is 18.7. The van der Waals surface area contributed by atoms with Gasteiger partial charge < -0.3 is 0 Å². The molecule has 0 heterocycles. The van der Waals surface area contributed by atoms with E-state index < -0.39 is 0 Å². The Bertz CT molecular complexity index is 4300. The van der Waals surface area contributed by atoms with E-state index >= 15 is 0 Å². The molecule has 0 saturated carbocycles. The standard InChI is InChI=1S/C74H72/c1-33(2)43-29-41-17-19-45(35(5)6)63-49-25-27-53-67-51(23-21-47(65(49)67)55(31-43)61(41)63)69-57(37(9)10)73-58(38(11)12)70-52-24-22-48-56-32-44(34(3)4)30-42-18-20-46(36(7)8)64(62(42)56)50-26-28-54(68(52)66(48)50)72(70)60(40(15)16)74(73)59(39(13)14)71(53)69/h17-40H,1-16H3. The zero-order valence-corrected chi connectivity index (χ0v) is 46.9. The van der Waals surface area contributed by atoms with Crippen LogP contribution in [0, 0.1) is 0 Å². The molecule has 74 heavy (non-hydrogen) atoms. The normalized spacial score (nSPS) is 13.6. The van der Waals surface area contributed by atoms with Crippen LogP contribution >= 0.6 is 0 Å². The van der Waals surface area contributed by atoms with Crippen molar-refractivity contribution < 1.29 is 0 Å². The third-order valence-corrected chi connectivity index (χ3v) is 18.7. The van der Waals surface area contributed by atoms with Gasteiger partial charge in [-0.15, -0.1) is 0 Å². The fourth-order valence-electron chi connectivity index (χ4n) is 15.6. The summed E-state index contributed by atoms with van der Waals surface area (Å²) in [6, 6.07) is 40.1. The highest BCUT2D eigenvalue weighted by molar-refractivity contribution is 6.47. The summed E-state index contributed by atoms with van der Waals surface area (Å²) in [6.07, 6.45) is 0. The predicted octanol–water partition coefficient (Wildman–Crippen LogP) is 23.4. The zero-order valence-electron chi connectivity index (χ0n) is 46.9. The minimum absolute atomic E-state index is 0.292. The smallest absolute Gasteiger partial charge is 0.00137 e. The van der Waals surface area contributed by atoms with Crippen LogP contribution < -0.4 is 0 Å². The maximum Gasteiger partial charge on any atom is -0.00137 e. The highest BCUT2D eigenvalue weighted by Gasteiger charge is 2.34. The Balaban J connectivity index is 1.24. The lowest BCUT2D eigenvalue weighted by Crippen LogP contribution is -2.06. The van der Waals surface area contributed by atoms with Crippen molar-refractivity contribution in [3.63, 3.8) is 0 Å². The molecule has 0 atom stereocenters. The number of hydrogen-bond donors (Lipinski definition) is 0. The molecule has 0 aromatic heterocycles. The van der Waals surface area contributed by atoms with E-state index in [0.717, 1.165) is 0 Å². The summed E-state index contributed by atoms with van der Waals surface area (Å²) in [7, 11) is 0. The maximum atomic E-state index is 2.56. The minimum atomic E-state index is 0.292. The van der Waals surface area contributed by atoms with Crippen LogP contribution in [0.25, 0.3) is 140 Å². The average Bonchev–Trinajstić information content (AvgIpc) is 3.94. The second kappa shape index (κ2) is 15.5. The third kappa shape index (κ3) is 5.66. The molecule has 0 radical (unpaired) electrons. The first-order valence-corrected chi connectivity index (χ1v) is 28.6. The van der Waals surface area contributed by atoms with Crippen LogP contribution in [-0.4, -0.2) is 0 Å². The Hall–Kier alpha value is -6.50. The first kappa shape index (κ1) is 46.1. The largest absolute Gasteiger partial charge is 0.0587 e. The number of rotatable bonds is 8. The molecule has 14 aromatic carbocycles. The van der Waals surface area contributed by atoms with Crippen LogP contribution in [0.5, 0.6) is 0 Å². The van der Waals surface area contributed by atoms with E-state index in [-0.39, 0.29) is 0 Å². The molecular weight excluding hydrogens is 889 g/mol. The van der Waals surface area contributed by atoms with Gasteiger partial charge in [-0.25, -0.2) is 0 Å². The fraction of sp³-hybridized carbons (Fsp3) is 0.324. The van der Waals surface area contributed by atoms with Gasteiger partial charge in [-0.1, -0.05) is 208 Å². The van der Waals surface area contributed by atoms with Crippen molar-refractivity contribution in [2.45, 2.75) is 158 Å². The SMILES string of the molecule is CC(C)c1cc2ccc(C(C)C)c3c4ccc5c6c(C(C)C)c7c(C(C)C)c8c9ccc%10c%11c(C(C)C)ccc%12cc(C(C)C)cc(c%13ccc(c8c(C(C)C)c7c(C(C)C)c6c6ccc(c(c1)c23)c4c65)c9c%13%10)c%12%11. The number of hydrogen-bond acceptors (Lipinski definition) is 0. The van der Waals surface area contributed by atoms with Gasteiger partial charge in [0.15, 0.2) is 0 Å². The van der Waals surface area contributed by atoms with Crippen molar-refractivity contribution >= 4 is 140 Å². The lowest BCUT2D eigenvalue weighted by molar-refractivity contribution is 0.848. The number of benzene rings is 12. The van der Waals surface area contributed by atoms with E-state index in [1.54, 1.807) is 0 Å². The molecule has 0 unspecified atom stereocenters. The minimum Gasteiger partial charge on any atom is -0.0587 e. The molecule has 0 bridgehead atoms. The highest BCUT2D eigenvalue weighted by atomic mass is 14.4. The van der Waals surface area contributed by atoms with E-state index in [4.69, 9.17) is 0 Å². The summed E-state index contributed by atoms with van der Waals surface area (Å²) in [5, 5.41) is 37.6. The van der Waals surface area contributed by atoms with Crippen LogP contribution in [0.1, 0.15) is 203 Å². The van der Waals surface area contributed by atoms with Gasteiger partial charge in [0.2, 0.25) is 0 Å². The van der Waals surface area contributed by atoms with Gasteiger partial charge in [-0.05, 0) is 232 Å². The number of fused-ring (bicyclic) bond motifs is 11. The van der Waals surface area contributed by atoms with Crippen molar-refractivity contribution in [2.24, 2.45) is 0 Å². The Kier molecular flexibility index (Phi) is 9.67. The van der Waals surface area contributed by atoms with Gasteiger partial charge in [0.05, 0.1) is 0 Å². The Morgan fingerprint density at radius 1 is 0.189 bits per heavy atom. The summed E-state index contributed by atoms with van der Waals surface area (Å²) in [5.41, 5.74) is 11.9. The van der Waals surface area contributed by atoms with Crippen molar-refractivity contribution in [2.75, 3.05) is 0 Å². The van der Waals surface area contributed by atoms with E-state index in [0.29, 0.717) is 47.3 Å². The van der Waals surface area contributed by atoms with E-state index in [2.05, 4.69) is 208 Å². The molecule has 0 saturated heterocycles. The molecule has 0 spiro atoms. The Labute approximate surface area is 437 Å². The van der Waals surface area contributed by atoms with Crippen molar-refractivity contribution in [1.29, 1.82) is 0 Å². The molecule has 14 aromatic rings. The summed E-state index contributed by atoms with van der Waals surface area (Å²) in [5.74, 6) is 2.86. The van der Waals surface area contributed by atoms with Crippen LogP contribution in [0.15, 0.2) is 97.1 Å². The second-order valence-electron chi connectivity index (χ2n) is 25.7. The van der Waals surface area contributed by atoms with Gasteiger partial charge in [0.25, 0.3) is 0 Å². The van der Waals surface area contributed by atoms with Crippen LogP contribution in [0.3, 0.4) is 0 Å². The first-order chi connectivity index (χ1) is 35.4. The summed E-state index contributed by atoms with van der Waals surface area (Å²) < 4.78 is 0. The Morgan fingerprint density at radius 2 is 0.459 bits per heavy atom. The van der Waals surface area contributed by atoms with E-state index in [1.165, 1.54) is 185 Å². The van der Waals surface area contributed by atoms with Crippen molar-refractivity contribution in [1.82, 2.24) is 0 Å². The molecule has 0 nitrogen and oxygen atoms in total. The zero-order chi connectivity index (χ0) is 51.6. The van der Waals surface area contributed by atoms with Crippen LogP contribution in [-0.2, 0) is 0 Å². The average molecular weight is 961 g/mol. The Morgan fingerprint density at radius 3 is 0.730 bits per heavy atom. The van der Waals surface area contributed by atoms with Gasteiger partial charge in [-0.3, -0.25) is 0 Å². The summed E-state index contributed by atoms with van der Waals surface area (Å²) in [4.78, 5) is 0. The molecule has 14 rings (SSSR count). The molecular formula is C74H72. The predicted molar refractivity (Wildman–Crippen MR) is 331 cm³/mol. The van der Waals surface area contributed by atoms with Gasteiger partial charge in [0.1, 0.15) is 0 Å². The van der Waals surface area contributed by atoms with Gasteiger partial charge in [-0.2, -0.15) is 0 Å². The van der Waals surface area contributed by atoms with Gasteiger partial charge in [0, 0.05) is 0 Å². The van der Waals surface area contributed by atoms with E-state index in [1.807, 2.05) is 0 Å².